The van der Waals surface area contributed by atoms with E-state index in [-0.39, 0.29) is 11.7 Å². The van der Waals surface area contributed by atoms with Crippen LogP contribution in [0.1, 0.15) is 31.2 Å². The van der Waals surface area contributed by atoms with E-state index in [0.29, 0.717) is 6.42 Å². The zero-order valence-electron chi connectivity index (χ0n) is 15.0. The maximum Gasteiger partial charge on any atom is 0.226 e. The fraction of sp³-hybridized carbons (Fsp3) is 0.650. The van der Waals surface area contributed by atoms with E-state index in [4.69, 9.17) is 4.74 Å². The number of hydrogen-bond acceptors (Lipinski definition) is 4. The lowest BCUT2D eigenvalue weighted by atomic mass is 9.92. The molecular weight excluding hydrogens is 316 g/mol. The molecule has 3 rings (SSSR count). The van der Waals surface area contributed by atoms with E-state index in [1.165, 1.54) is 19.4 Å². The Morgan fingerprint density at radius 2 is 1.92 bits per heavy atom. The first-order valence-corrected chi connectivity index (χ1v) is 9.56. The summed E-state index contributed by atoms with van der Waals surface area (Å²) >= 11 is 0. The molecule has 0 unspecified atom stereocenters. The Balaban J connectivity index is 1.34. The van der Waals surface area contributed by atoms with Crippen molar-refractivity contribution in [2.24, 2.45) is 5.92 Å². The Kier molecular flexibility index (Phi) is 6.70. The fourth-order valence-electron chi connectivity index (χ4n) is 3.85. The first-order valence-electron chi connectivity index (χ1n) is 9.56. The van der Waals surface area contributed by atoms with Crippen molar-refractivity contribution >= 4 is 5.91 Å². The summed E-state index contributed by atoms with van der Waals surface area (Å²) in [6.07, 6.45) is 5.15. The molecule has 0 saturated carbocycles. The van der Waals surface area contributed by atoms with Gasteiger partial charge in [0.05, 0.1) is 19.6 Å². The fourth-order valence-corrected chi connectivity index (χ4v) is 3.85. The topological polar surface area (TPSA) is 53.0 Å². The molecule has 0 radical (unpaired) electrons. The SMILES string of the molecule is O=C(Cc1cccc(O)c1)N1CCC(CCCN2CCOCC2)CC1. The molecule has 138 valence electrons. The van der Waals surface area contributed by atoms with Crippen LogP contribution >= 0.6 is 0 Å². The highest BCUT2D eigenvalue weighted by atomic mass is 16.5. The summed E-state index contributed by atoms with van der Waals surface area (Å²) in [7, 11) is 0. The monoisotopic (exact) mass is 346 g/mol. The second-order valence-electron chi connectivity index (χ2n) is 7.27. The van der Waals surface area contributed by atoms with Crippen LogP contribution in [-0.4, -0.2) is 66.8 Å². The lowest BCUT2D eigenvalue weighted by Crippen LogP contribution is -2.40. The van der Waals surface area contributed by atoms with Gasteiger partial charge in [-0.15, -0.1) is 0 Å². The van der Waals surface area contributed by atoms with Crippen molar-refractivity contribution in [2.75, 3.05) is 45.9 Å². The standard InChI is InChI=1S/C20H30N2O3/c23-19-5-1-3-18(15-19)16-20(24)22-9-6-17(7-10-22)4-2-8-21-11-13-25-14-12-21/h1,3,5,15,17,23H,2,4,6-14,16H2. The zero-order chi connectivity index (χ0) is 17.5. The maximum atomic E-state index is 12.4. The molecule has 5 nitrogen and oxygen atoms in total. The van der Waals surface area contributed by atoms with E-state index in [1.54, 1.807) is 18.2 Å². The molecule has 1 amide bonds. The molecule has 25 heavy (non-hydrogen) atoms. The summed E-state index contributed by atoms with van der Waals surface area (Å²) in [6.45, 7) is 6.82. The van der Waals surface area contributed by atoms with Gasteiger partial charge in [-0.3, -0.25) is 9.69 Å². The normalized spacial score (nSPS) is 19.9. The quantitative estimate of drug-likeness (QED) is 0.859. The summed E-state index contributed by atoms with van der Waals surface area (Å²) in [4.78, 5) is 16.9. The van der Waals surface area contributed by atoms with Gasteiger partial charge in [-0.05, 0) is 55.8 Å². The van der Waals surface area contributed by atoms with Crippen LogP contribution in [0.3, 0.4) is 0 Å². The van der Waals surface area contributed by atoms with Crippen LogP contribution < -0.4 is 0 Å². The van der Waals surface area contributed by atoms with Gasteiger partial charge in [-0.1, -0.05) is 12.1 Å². The van der Waals surface area contributed by atoms with Crippen molar-refractivity contribution in [2.45, 2.75) is 32.1 Å². The summed E-state index contributed by atoms with van der Waals surface area (Å²) < 4.78 is 5.39. The molecule has 0 aromatic heterocycles. The van der Waals surface area contributed by atoms with Gasteiger partial charge < -0.3 is 14.7 Å². The molecule has 1 aromatic carbocycles. The first kappa shape index (κ1) is 18.2. The average Bonchev–Trinajstić information content (AvgIpc) is 2.63. The number of amides is 1. The van der Waals surface area contributed by atoms with Crippen LogP contribution in [0.5, 0.6) is 5.75 Å². The predicted octanol–water partition coefficient (Wildman–Crippen LogP) is 2.29. The van der Waals surface area contributed by atoms with Crippen LogP contribution in [0, 0.1) is 5.92 Å². The predicted molar refractivity (Wildman–Crippen MR) is 97.6 cm³/mol. The molecule has 2 aliphatic rings. The van der Waals surface area contributed by atoms with Crippen molar-refractivity contribution in [3.63, 3.8) is 0 Å². The second kappa shape index (κ2) is 9.20. The Morgan fingerprint density at radius 3 is 2.64 bits per heavy atom. The molecule has 0 bridgehead atoms. The molecule has 2 saturated heterocycles. The van der Waals surface area contributed by atoms with E-state index in [9.17, 15) is 9.90 Å². The van der Waals surface area contributed by atoms with Crippen LogP contribution in [0.4, 0.5) is 0 Å². The van der Waals surface area contributed by atoms with E-state index in [1.807, 2.05) is 11.0 Å². The number of hydrogen-bond donors (Lipinski definition) is 1. The highest BCUT2D eigenvalue weighted by molar-refractivity contribution is 5.79. The zero-order valence-corrected chi connectivity index (χ0v) is 15.0. The second-order valence-corrected chi connectivity index (χ2v) is 7.27. The number of rotatable bonds is 6. The summed E-state index contributed by atoms with van der Waals surface area (Å²) in [5.41, 5.74) is 0.887. The van der Waals surface area contributed by atoms with E-state index in [0.717, 1.165) is 63.7 Å². The van der Waals surface area contributed by atoms with Gasteiger partial charge in [-0.2, -0.15) is 0 Å². The van der Waals surface area contributed by atoms with Crippen molar-refractivity contribution in [3.8, 4) is 5.75 Å². The molecule has 0 aliphatic carbocycles. The molecule has 5 heteroatoms. The third-order valence-corrected chi connectivity index (χ3v) is 5.42. The van der Waals surface area contributed by atoms with Crippen molar-refractivity contribution in [3.05, 3.63) is 29.8 Å². The number of carbonyl (C=O) groups is 1. The van der Waals surface area contributed by atoms with Crippen molar-refractivity contribution in [1.82, 2.24) is 9.80 Å². The first-order chi connectivity index (χ1) is 12.2. The summed E-state index contributed by atoms with van der Waals surface area (Å²) in [6, 6.07) is 7.00. The van der Waals surface area contributed by atoms with Crippen molar-refractivity contribution in [1.29, 1.82) is 0 Å². The molecule has 0 spiro atoms. The molecule has 2 aliphatic heterocycles. The number of morpholine rings is 1. The Hall–Kier alpha value is -1.59. The van der Waals surface area contributed by atoms with Crippen LogP contribution in [0.15, 0.2) is 24.3 Å². The molecule has 2 heterocycles. The van der Waals surface area contributed by atoms with E-state index >= 15 is 0 Å². The number of carbonyl (C=O) groups excluding carboxylic acids is 1. The maximum absolute atomic E-state index is 12.4. The largest absolute Gasteiger partial charge is 0.508 e. The minimum atomic E-state index is 0.178. The van der Waals surface area contributed by atoms with Gasteiger partial charge in [0.25, 0.3) is 0 Å². The molecule has 0 atom stereocenters. The number of nitrogens with zero attached hydrogens (tertiary/aromatic N) is 2. The number of aromatic hydroxyl groups is 1. The number of likely N-dealkylation sites (tertiary alicyclic amines) is 1. The minimum Gasteiger partial charge on any atom is -0.508 e. The number of phenols is 1. The average molecular weight is 346 g/mol. The smallest absolute Gasteiger partial charge is 0.226 e. The lowest BCUT2D eigenvalue weighted by Gasteiger charge is -2.33. The minimum absolute atomic E-state index is 0.178. The van der Waals surface area contributed by atoms with Gasteiger partial charge >= 0.3 is 0 Å². The van der Waals surface area contributed by atoms with Gasteiger partial charge in [0, 0.05) is 26.2 Å². The van der Waals surface area contributed by atoms with E-state index in [2.05, 4.69) is 4.90 Å². The third-order valence-electron chi connectivity index (χ3n) is 5.42. The Labute approximate surface area is 150 Å². The molecule has 1 aromatic rings. The molecule has 1 N–H and O–H groups in total. The lowest BCUT2D eigenvalue weighted by molar-refractivity contribution is -0.131. The molecule has 2 fully saturated rings. The number of piperidine rings is 1. The third kappa shape index (κ3) is 5.72. The van der Waals surface area contributed by atoms with Crippen LogP contribution in [-0.2, 0) is 16.0 Å². The summed E-state index contributed by atoms with van der Waals surface area (Å²) in [5.74, 6) is 1.16. The molecular formula is C20H30N2O3. The highest BCUT2D eigenvalue weighted by Gasteiger charge is 2.23. The van der Waals surface area contributed by atoms with Gasteiger partial charge in [0.15, 0.2) is 0 Å². The Morgan fingerprint density at radius 1 is 1.16 bits per heavy atom. The van der Waals surface area contributed by atoms with Gasteiger partial charge in [0.1, 0.15) is 5.75 Å². The van der Waals surface area contributed by atoms with Gasteiger partial charge in [0.2, 0.25) is 5.91 Å². The number of ether oxygens (including phenoxy) is 1. The van der Waals surface area contributed by atoms with Crippen LogP contribution in [0.2, 0.25) is 0 Å². The highest BCUT2D eigenvalue weighted by Crippen LogP contribution is 2.23. The van der Waals surface area contributed by atoms with Crippen LogP contribution in [0.25, 0.3) is 0 Å². The van der Waals surface area contributed by atoms with Crippen molar-refractivity contribution < 1.29 is 14.6 Å². The number of benzene rings is 1. The number of phenolic OH excluding ortho intramolecular Hbond substituents is 1. The van der Waals surface area contributed by atoms with E-state index < -0.39 is 0 Å². The van der Waals surface area contributed by atoms with Gasteiger partial charge in [-0.25, -0.2) is 0 Å². The Bertz CT molecular complexity index is 550. The summed E-state index contributed by atoms with van der Waals surface area (Å²) in [5, 5.41) is 9.51.